The second-order valence-corrected chi connectivity index (χ2v) is 3.11. The van der Waals surface area contributed by atoms with Crippen molar-refractivity contribution < 1.29 is 19.8 Å². The highest BCUT2D eigenvalue weighted by Crippen LogP contribution is 2.11. The van der Waals surface area contributed by atoms with Crippen molar-refractivity contribution in [1.29, 1.82) is 0 Å². The number of phenolic OH excluding ortho intramolecular Hbond substituents is 1. The third-order valence-corrected chi connectivity index (χ3v) is 1.86. The number of rotatable bonds is 4. The molecule has 0 spiro atoms. The average Bonchev–Trinajstić information content (AvgIpc) is 2.20. The second-order valence-electron chi connectivity index (χ2n) is 3.11. The van der Waals surface area contributed by atoms with Crippen molar-refractivity contribution in [3.8, 4) is 5.75 Å². The van der Waals surface area contributed by atoms with Gasteiger partial charge in [0.25, 0.3) is 0 Å². The van der Waals surface area contributed by atoms with Gasteiger partial charge in [-0.15, -0.1) is 10.1 Å². The lowest BCUT2D eigenvalue weighted by Crippen LogP contribution is -2.35. The Morgan fingerprint density at radius 2 is 2.06 bits per heavy atom. The van der Waals surface area contributed by atoms with Crippen LogP contribution in [0, 0.1) is 10.1 Å². The minimum atomic E-state index is -1.20. The molecule has 0 saturated heterocycles. The quantitative estimate of drug-likeness (QED) is 0.551. The van der Waals surface area contributed by atoms with Crippen LogP contribution in [0.2, 0.25) is 0 Å². The van der Waals surface area contributed by atoms with Gasteiger partial charge in [0, 0.05) is 0 Å². The predicted molar refractivity (Wildman–Crippen MR) is 52.9 cm³/mol. The standard InChI is InChI=1S/C9H10N2O5/c10-8(9(13)16-11(14)15)5-6-1-3-7(12)4-2-6/h1-4,8,12H,5,10H2/t8-/m0/s1. The Morgan fingerprint density at radius 3 is 2.56 bits per heavy atom. The van der Waals surface area contributed by atoms with Crippen molar-refractivity contribution >= 4 is 5.97 Å². The molecule has 0 heterocycles. The van der Waals surface area contributed by atoms with Crippen LogP contribution in [0.25, 0.3) is 0 Å². The summed E-state index contributed by atoms with van der Waals surface area (Å²) < 4.78 is 0. The number of nitrogens with two attached hydrogens (primary N) is 1. The van der Waals surface area contributed by atoms with E-state index in [1.165, 1.54) is 12.1 Å². The molecule has 7 nitrogen and oxygen atoms in total. The minimum absolute atomic E-state index is 0.0881. The predicted octanol–water partition coefficient (Wildman–Crippen LogP) is -0.00310. The van der Waals surface area contributed by atoms with Crippen LogP contribution in [0.3, 0.4) is 0 Å². The summed E-state index contributed by atoms with van der Waals surface area (Å²) in [7, 11) is 0. The normalized spacial score (nSPS) is 11.8. The van der Waals surface area contributed by atoms with E-state index in [-0.39, 0.29) is 12.2 Å². The Bertz CT molecular complexity index is 389. The molecule has 86 valence electrons. The smallest absolute Gasteiger partial charge is 0.320 e. The van der Waals surface area contributed by atoms with E-state index in [0.29, 0.717) is 5.56 Å². The maximum Gasteiger partial charge on any atom is 0.320 e. The summed E-state index contributed by atoms with van der Waals surface area (Å²) in [5, 5.41) is 17.7. The summed E-state index contributed by atoms with van der Waals surface area (Å²) in [6.45, 7) is 0. The van der Waals surface area contributed by atoms with E-state index in [1.54, 1.807) is 12.1 Å². The van der Waals surface area contributed by atoms with E-state index in [4.69, 9.17) is 10.8 Å². The summed E-state index contributed by atoms with van der Waals surface area (Å²) in [5.41, 5.74) is 6.07. The molecule has 1 aromatic rings. The molecule has 16 heavy (non-hydrogen) atoms. The van der Waals surface area contributed by atoms with Crippen molar-refractivity contribution in [3.63, 3.8) is 0 Å². The zero-order valence-corrected chi connectivity index (χ0v) is 8.20. The lowest BCUT2D eigenvalue weighted by Gasteiger charge is -2.08. The Balaban J connectivity index is 2.57. The average molecular weight is 226 g/mol. The van der Waals surface area contributed by atoms with E-state index in [0.717, 1.165) is 0 Å². The van der Waals surface area contributed by atoms with Gasteiger partial charge in [0.15, 0.2) is 0 Å². The maximum absolute atomic E-state index is 11.0. The Hall–Kier alpha value is -2.15. The summed E-state index contributed by atoms with van der Waals surface area (Å²) in [6.07, 6.45) is 0.104. The first-order chi connectivity index (χ1) is 7.49. The summed E-state index contributed by atoms with van der Waals surface area (Å²) in [6, 6.07) is 4.89. The number of benzene rings is 1. The molecule has 0 fully saturated rings. The van der Waals surface area contributed by atoms with Crippen molar-refractivity contribution in [2.45, 2.75) is 12.5 Å². The molecule has 0 aliphatic carbocycles. The molecule has 0 aromatic heterocycles. The number of carbonyl (C=O) groups is 1. The van der Waals surface area contributed by atoms with Crippen LogP contribution in [-0.4, -0.2) is 22.2 Å². The van der Waals surface area contributed by atoms with Gasteiger partial charge in [-0.2, -0.15) is 0 Å². The molecule has 3 N–H and O–H groups in total. The number of aromatic hydroxyl groups is 1. The van der Waals surface area contributed by atoms with Crippen molar-refractivity contribution in [3.05, 3.63) is 39.9 Å². The van der Waals surface area contributed by atoms with E-state index in [9.17, 15) is 14.9 Å². The lowest BCUT2D eigenvalue weighted by atomic mass is 10.1. The summed E-state index contributed by atoms with van der Waals surface area (Å²) in [4.78, 5) is 24.6. The third-order valence-electron chi connectivity index (χ3n) is 1.86. The first kappa shape index (κ1) is 11.9. The highest BCUT2D eigenvalue weighted by molar-refractivity contribution is 5.75. The Morgan fingerprint density at radius 1 is 1.50 bits per heavy atom. The van der Waals surface area contributed by atoms with E-state index in [1.807, 2.05) is 0 Å². The van der Waals surface area contributed by atoms with E-state index in [2.05, 4.69) is 4.84 Å². The first-order valence-corrected chi connectivity index (χ1v) is 4.38. The van der Waals surface area contributed by atoms with Gasteiger partial charge in [0.05, 0.1) is 6.04 Å². The van der Waals surface area contributed by atoms with E-state index < -0.39 is 17.1 Å². The first-order valence-electron chi connectivity index (χ1n) is 4.38. The molecule has 0 radical (unpaired) electrons. The van der Waals surface area contributed by atoms with Crippen LogP contribution >= 0.6 is 0 Å². The zero-order valence-electron chi connectivity index (χ0n) is 8.20. The molecule has 1 rings (SSSR count). The third kappa shape index (κ3) is 3.54. The highest BCUT2D eigenvalue weighted by atomic mass is 17.0. The highest BCUT2D eigenvalue weighted by Gasteiger charge is 2.17. The molecule has 0 saturated carbocycles. The Labute approximate surface area is 90.5 Å². The number of hydrogen-bond acceptors (Lipinski definition) is 6. The molecule has 1 atom stereocenters. The second kappa shape index (κ2) is 5.08. The maximum atomic E-state index is 11.0. The summed E-state index contributed by atoms with van der Waals surface area (Å²) in [5.74, 6) is -1.01. The summed E-state index contributed by atoms with van der Waals surface area (Å²) >= 11 is 0. The van der Waals surface area contributed by atoms with Gasteiger partial charge < -0.3 is 10.8 Å². The van der Waals surface area contributed by atoms with Crippen LogP contribution < -0.4 is 5.73 Å². The number of nitrogens with zero attached hydrogens (tertiary/aromatic N) is 1. The zero-order chi connectivity index (χ0) is 12.1. The topological polar surface area (TPSA) is 116 Å². The van der Waals surface area contributed by atoms with Crippen LogP contribution in [0.1, 0.15) is 5.56 Å². The van der Waals surface area contributed by atoms with Gasteiger partial charge in [0.1, 0.15) is 5.75 Å². The van der Waals surface area contributed by atoms with Crippen molar-refractivity contribution in [2.75, 3.05) is 0 Å². The fourth-order valence-corrected chi connectivity index (χ4v) is 1.11. The number of hydrogen-bond donors (Lipinski definition) is 2. The molecular weight excluding hydrogens is 216 g/mol. The van der Waals surface area contributed by atoms with Crippen LogP contribution in [0.4, 0.5) is 0 Å². The minimum Gasteiger partial charge on any atom is -0.508 e. The van der Waals surface area contributed by atoms with Crippen LogP contribution in [0.5, 0.6) is 5.75 Å². The molecular formula is C9H10N2O5. The fourth-order valence-electron chi connectivity index (χ4n) is 1.11. The number of carbonyl (C=O) groups excluding carboxylic acids is 1. The van der Waals surface area contributed by atoms with Gasteiger partial charge in [0.2, 0.25) is 0 Å². The van der Waals surface area contributed by atoms with Gasteiger partial charge in [-0.1, -0.05) is 12.1 Å². The van der Waals surface area contributed by atoms with E-state index >= 15 is 0 Å². The Kier molecular flexibility index (Phi) is 3.78. The molecule has 7 heteroatoms. The van der Waals surface area contributed by atoms with Crippen LogP contribution in [0.15, 0.2) is 24.3 Å². The van der Waals surface area contributed by atoms with Gasteiger partial charge in [-0.05, 0) is 24.1 Å². The van der Waals surface area contributed by atoms with Crippen LogP contribution in [-0.2, 0) is 16.1 Å². The van der Waals surface area contributed by atoms with Crippen molar-refractivity contribution in [2.24, 2.45) is 5.73 Å². The van der Waals surface area contributed by atoms with Gasteiger partial charge >= 0.3 is 11.1 Å². The molecule has 0 aliphatic heterocycles. The van der Waals surface area contributed by atoms with Gasteiger partial charge in [-0.3, -0.25) is 4.79 Å². The fraction of sp³-hybridized carbons (Fsp3) is 0.222. The van der Waals surface area contributed by atoms with Gasteiger partial charge in [-0.25, -0.2) is 4.84 Å². The molecule has 0 aliphatic rings. The SMILES string of the molecule is N[C@@H](Cc1ccc(O)cc1)C(=O)O[N+](=O)[O-]. The lowest BCUT2D eigenvalue weighted by molar-refractivity contribution is -0.729. The van der Waals surface area contributed by atoms with Crippen molar-refractivity contribution in [1.82, 2.24) is 0 Å². The molecule has 0 unspecified atom stereocenters. The molecule has 0 amide bonds. The molecule has 1 aromatic carbocycles. The largest absolute Gasteiger partial charge is 0.508 e. The molecule has 0 bridgehead atoms. The number of phenols is 1. The monoisotopic (exact) mass is 226 g/mol.